The van der Waals surface area contributed by atoms with E-state index in [2.05, 4.69) is 370 Å². The molecule has 0 atom stereocenters. The summed E-state index contributed by atoms with van der Waals surface area (Å²) in [5.74, 6) is 3.56. The molecule has 22 rings (SSSR count). The van der Waals surface area contributed by atoms with Gasteiger partial charge in [0.1, 0.15) is 0 Å². The van der Waals surface area contributed by atoms with Gasteiger partial charge in [0.2, 0.25) is 0 Å². The van der Waals surface area contributed by atoms with E-state index in [0.717, 1.165) is 117 Å². The fraction of sp³-hybridized carbons (Fsp3) is 0. The number of hydrogen-bond donors (Lipinski definition) is 0. The standard InChI is InChI=1S/C110H68N6/c1-6-30-69(31-7-1)79-60-81(98-67-101-89-48-19-17-45-86(89)87-46-21-24-52-93(87)103(101)94-53-25-22-50-91(94)98)64-83(62-79)108-112-105(72-36-12-4-13-37-72)111-107(114-108)78-43-29-42-76(59-78)74-40-28-41-75(58-74)77-56-57-96-100(66-77)88-47-18-20-49-90(88)102-68-99(92-51-23-26-54-95(92)104(96)102)82-61-80(70-32-8-2-9-33-70)63-84(65-82)109-113-106(73-38-14-5-15-39-73)115-110(116-109)97-55-27-16-44-85(97)71-34-10-3-11-35-71/h1-68H. The van der Waals surface area contributed by atoms with E-state index in [9.17, 15) is 0 Å². The Labute approximate surface area is 670 Å². The van der Waals surface area contributed by atoms with Gasteiger partial charge < -0.3 is 0 Å². The third-order valence-electron chi connectivity index (χ3n) is 23.0. The number of nitrogens with zero attached hydrogens (tertiary/aromatic N) is 6. The highest BCUT2D eigenvalue weighted by Crippen LogP contribution is 2.48. The van der Waals surface area contributed by atoms with Gasteiger partial charge in [-0.05, 0) is 231 Å². The summed E-state index contributed by atoms with van der Waals surface area (Å²) in [6.07, 6.45) is 0. The molecule has 116 heavy (non-hydrogen) atoms. The highest BCUT2D eigenvalue weighted by Gasteiger charge is 2.24. The molecule has 2 heterocycles. The van der Waals surface area contributed by atoms with E-state index in [1.165, 1.54) is 80.8 Å². The average Bonchev–Trinajstić information content (AvgIpc) is 0.722. The quantitative estimate of drug-likeness (QED) is 0.107. The minimum Gasteiger partial charge on any atom is -0.208 e. The number of rotatable bonds is 13. The Bertz CT molecular complexity index is 7680. The van der Waals surface area contributed by atoms with Gasteiger partial charge in [0.15, 0.2) is 34.9 Å². The zero-order valence-corrected chi connectivity index (χ0v) is 62.9. The highest BCUT2D eigenvalue weighted by molar-refractivity contribution is 6.35. The summed E-state index contributed by atoms with van der Waals surface area (Å²) in [6.45, 7) is 0. The second kappa shape index (κ2) is 28.4. The molecule has 0 aliphatic rings. The number of hydrogen-bond acceptors (Lipinski definition) is 6. The van der Waals surface area contributed by atoms with Crippen molar-refractivity contribution < 1.29 is 0 Å². The van der Waals surface area contributed by atoms with E-state index >= 15 is 0 Å². The van der Waals surface area contributed by atoms with Crippen LogP contribution in [0.5, 0.6) is 0 Å². The van der Waals surface area contributed by atoms with Crippen molar-refractivity contribution in [2.75, 3.05) is 0 Å². The molecule has 22 aromatic rings. The predicted molar refractivity (Wildman–Crippen MR) is 484 cm³/mol. The van der Waals surface area contributed by atoms with E-state index < -0.39 is 0 Å². The molecule has 0 saturated carbocycles. The first kappa shape index (κ1) is 67.4. The van der Waals surface area contributed by atoms with Crippen molar-refractivity contribution in [3.8, 4) is 146 Å². The Morgan fingerprint density at radius 3 is 0.828 bits per heavy atom. The third kappa shape index (κ3) is 12.0. The van der Waals surface area contributed by atoms with Crippen molar-refractivity contribution >= 4 is 86.2 Å². The fourth-order valence-electron chi connectivity index (χ4n) is 17.6. The monoisotopic (exact) mass is 1470 g/mol. The van der Waals surface area contributed by atoms with E-state index in [1.54, 1.807) is 0 Å². The van der Waals surface area contributed by atoms with Gasteiger partial charge in [0, 0.05) is 33.4 Å². The largest absolute Gasteiger partial charge is 0.208 e. The predicted octanol–water partition coefficient (Wildman–Crippen LogP) is 29.0. The molecular formula is C110H68N6. The van der Waals surface area contributed by atoms with Crippen LogP contribution in [-0.2, 0) is 0 Å². The van der Waals surface area contributed by atoms with Crippen molar-refractivity contribution in [2.45, 2.75) is 0 Å². The van der Waals surface area contributed by atoms with Gasteiger partial charge >= 0.3 is 0 Å². The summed E-state index contributed by atoms with van der Waals surface area (Å²) in [4.78, 5) is 32.3. The van der Waals surface area contributed by atoms with Crippen LogP contribution in [0, 0.1) is 0 Å². The van der Waals surface area contributed by atoms with Crippen LogP contribution in [0.2, 0.25) is 0 Å². The van der Waals surface area contributed by atoms with Crippen LogP contribution in [0.3, 0.4) is 0 Å². The molecule has 2 aromatic heterocycles. The van der Waals surface area contributed by atoms with Crippen LogP contribution < -0.4 is 0 Å². The molecule has 0 aliphatic heterocycles. The van der Waals surface area contributed by atoms with Crippen molar-refractivity contribution in [1.82, 2.24) is 29.9 Å². The van der Waals surface area contributed by atoms with Crippen LogP contribution >= 0.6 is 0 Å². The molecule has 538 valence electrons. The maximum atomic E-state index is 5.50. The normalized spacial score (nSPS) is 11.6. The van der Waals surface area contributed by atoms with Gasteiger partial charge in [-0.3, -0.25) is 0 Å². The van der Waals surface area contributed by atoms with Crippen LogP contribution in [0.15, 0.2) is 413 Å². The molecule has 0 fully saturated rings. The maximum absolute atomic E-state index is 5.50. The second-order valence-corrected chi connectivity index (χ2v) is 29.9. The Kier molecular flexibility index (Phi) is 16.5. The number of aromatic nitrogens is 6. The molecule has 0 radical (unpaired) electrons. The topological polar surface area (TPSA) is 77.3 Å². The summed E-state index contributed by atoms with van der Waals surface area (Å²) in [5.41, 5.74) is 20.6. The lowest BCUT2D eigenvalue weighted by molar-refractivity contribution is 1.07. The zero-order valence-electron chi connectivity index (χ0n) is 62.9. The van der Waals surface area contributed by atoms with Crippen molar-refractivity contribution in [2.24, 2.45) is 0 Å². The van der Waals surface area contributed by atoms with E-state index in [-0.39, 0.29) is 0 Å². The molecule has 6 nitrogen and oxygen atoms in total. The van der Waals surface area contributed by atoms with Gasteiger partial charge in [-0.25, -0.2) is 29.9 Å². The molecule has 6 heteroatoms. The van der Waals surface area contributed by atoms with Crippen LogP contribution in [0.4, 0.5) is 0 Å². The molecule has 0 unspecified atom stereocenters. The molecular weight excluding hydrogens is 1410 g/mol. The Morgan fingerprint density at radius 1 is 0.103 bits per heavy atom. The fourth-order valence-corrected chi connectivity index (χ4v) is 17.6. The lowest BCUT2D eigenvalue weighted by Crippen LogP contribution is -2.01. The van der Waals surface area contributed by atoms with Crippen molar-refractivity contribution in [1.29, 1.82) is 0 Å². The Balaban J connectivity index is 0.654. The van der Waals surface area contributed by atoms with E-state index in [4.69, 9.17) is 29.9 Å². The first-order valence-electron chi connectivity index (χ1n) is 39.5. The summed E-state index contributed by atoms with van der Waals surface area (Å²) in [7, 11) is 0. The summed E-state index contributed by atoms with van der Waals surface area (Å²) >= 11 is 0. The first-order chi connectivity index (χ1) is 57.5. The minimum absolute atomic E-state index is 0.583. The Morgan fingerprint density at radius 2 is 0.371 bits per heavy atom. The molecule has 0 saturated heterocycles. The Hall–Kier alpha value is -15.5. The van der Waals surface area contributed by atoms with Crippen molar-refractivity contribution in [3.05, 3.63) is 413 Å². The maximum Gasteiger partial charge on any atom is 0.164 e. The van der Waals surface area contributed by atoms with Gasteiger partial charge in [0.05, 0.1) is 0 Å². The molecule has 0 amide bonds. The van der Waals surface area contributed by atoms with Gasteiger partial charge in [-0.1, -0.05) is 346 Å². The molecule has 0 aliphatic carbocycles. The van der Waals surface area contributed by atoms with Gasteiger partial charge in [0.25, 0.3) is 0 Å². The lowest BCUT2D eigenvalue weighted by atomic mass is 9.85. The molecule has 0 spiro atoms. The van der Waals surface area contributed by atoms with E-state index in [0.29, 0.717) is 34.9 Å². The summed E-state index contributed by atoms with van der Waals surface area (Å²) in [6, 6.07) is 148. The average molecular weight is 1470 g/mol. The van der Waals surface area contributed by atoms with Crippen LogP contribution in [-0.4, -0.2) is 29.9 Å². The third-order valence-corrected chi connectivity index (χ3v) is 23.0. The summed E-state index contributed by atoms with van der Waals surface area (Å²) < 4.78 is 0. The van der Waals surface area contributed by atoms with Crippen LogP contribution in [0.25, 0.3) is 232 Å². The molecule has 0 N–H and O–H groups in total. The summed E-state index contributed by atoms with van der Waals surface area (Å²) in [5, 5.41) is 19.3. The van der Waals surface area contributed by atoms with Gasteiger partial charge in [-0.15, -0.1) is 0 Å². The SMILES string of the molecule is c1ccc(-c2cc(-c3nc(-c4ccccc4)nc(-c4cccc(-c5cccc(-c6ccc7c(c6)c6ccccc6c6cc(-c8cc(-c9ccccc9)cc(-c9nc(-c%10ccccc%10)nc(-c%10ccccc%10-c%10ccccc%10)n9)c8)c8ccccc8c76)c5)c4)n3)cc(-c3cc4c5ccccc5c5ccccc5c4c4ccccc34)c2)cc1. The minimum atomic E-state index is 0.583. The molecule has 20 aromatic carbocycles. The number of benzene rings is 20. The number of fused-ring (bicyclic) bond motifs is 16. The van der Waals surface area contributed by atoms with Gasteiger partial charge in [-0.2, -0.15) is 0 Å². The first-order valence-corrected chi connectivity index (χ1v) is 39.5. The lowest BCUT2D eigenvalue weighted by Gasteiger charge is -2.18. The zero-order chi connectivity index (χ0) is 76.6. The second-order valence-electron chi connectivity index (χ2n) is 29.9. The smallest absolute Gasteiger partial charge is 0.164 e. The van der Waals surface area contributed by atoms with E-state index in [1.807, 2.05) is 42.5 Å². The molecule has 0 bridgehead atoms. The highest BCUT2D eigenvalue weighted by atomic mass is 15.0. The van der Waals surface area contributed by atoms with Crippen LogP contribution in [0.1, 0.15) is 0 Å². The van der Waals surface area contributed by atoms with Crippen molar-refractivity contribution in [3.63, 3.8) is 0 Å².